The normalized spacial score (nSPS) is 14.2. The minimum absolute atomic E-state index is 0.111. The van der Waals surface area contributed by atoms with E-state index in [2.05, 4.69) is 10.3 Å². The molecule has 0 radical (unpaired) electrons. The SMILES string of the molecule is O=C(NCc1ccnc(OC2CCCC2)c1)c1ccc(CS(=O)(=O)c2ccccc2)cc1. The summed E-state index contributed by atoms with van der Waals surface area (Å²) in [6, 6.07) is 18.7. The van der Waals surface area contributed by atoms with Crippen molar-refractivity contribution in [1.82, 2.24) is 10.3 Å². The standard InChI is InChI=1S/C25H26N2O4S/c28-25(27-17-20-14-15-26-24(16-20)31-22-6-4-5-7-22)21-12-10-19(11-13-21)18-32(29,30)23-8-2-1-3-9-23/h1-3,8-16,22H,4-7,17-18H2,(H,27,28). The molecule has 0 unspecified atom stereocenters. The molecule has 32 heavy (non-hydrogen) atoms. The number of carbonyl (C=O) groups excluding carboxylic acids is 1. The molecule has 7 heteroatoms. The molecule has 3 aromatic rings. The molecule has 1 aliphatic carbocycles. The average Bonchev–Trinajstić information content (AvgIpc) is 3.32. The third kappa shape index (κ3) is 5.73. The van der Waals surface area contributed by atoms with Crippen molar-refractivity contribution in [3.05, 3.63) is 89.6 Å². The van der Waals surface area contributed by atoms with Crippen LogP contribution < -0.4 is 10.1 Å². The van der Waals surface area contributed by atoms with Crippen LogP contribution in [0.25, 0.3) is 0 Å². The fourth-order valence-electron chi connectivity index (χ4n) is 3.77. The Kier molecular flexibility index (Phi) is 6.85. The van der Waals surface area contributed by atoms with Crippen molar-refractivity contribution in [3.63, 3.8) is 0 Å². The Balaban J connectivity index is 1.33. The lowest BCUT2D eigenvalue weighted by Gasteiger charge is -2.13. The number of nitrogens with zero attached hydrogens (tertiary/aromatic N) is 1. The second kappa shape index (κ2) is 9.96. The van der Waals surface area contributed by atoms with Crippen LogP contribution in [0.3, 0.4) is 0 Å². The molecule has 4 rings (SSSR count). The topological polar surface area (TPSA) is 85.4 Å². The molecular formula is C25H26N2O4S. The highest BCUT2D eigenvalue weighted by Crippen LogP contribution is 2.23. The van der Waals surface area contributed by atoms with E-state index in [1.807, 2.05) is 12.1 Å². The smallest absolute Gasteiger partial charge is 0.251 e. The fraction of sp³-hybridized carbons (Fsp3) is 0.280. The maximum absolute atomic E-state index is 12.5. The van der Waals surface area contributed by atoms with Crippen molar-refractivity contribution < 1.29 is 17.9 Å². The predicted molar refractivity (Wildman–Crippen MR) is 122 cm³/mol. The summed E-state index contributed by atoms with van der Waals surface area (Å²) in [6.07, 6.45) is 6.43. The number of nitrogens with one attached hydrogen (secondary N) is 1. The molecule has 1 saturated carbocycles. The third-order valence-corrected chi connectivity index (χ3v) is 7.22. The Morgan fingerprint density at radius 2 is 1.69 bits per heavy atom. The van der Waals surface area contributed by atoms with Crippen LogP contribution in [-0.2, 0) is 22.1 Å². The van der Waals surface area contributed by atoms with E-state index < -0.39 is 9.84 Å². The number of pyridine rings is 1. The van der Waals surface area contributed by atoms with Gasteiger partial charge in [-0.15, -0.1) is 0 Å². The quantitative estimate of drug-likeness (QED) is 0.553. The maximum Gasteiger partial charge on any atom is 0.251 e. The van der Waals surface area contributed by atoms with Crippen LogP contribution in [0.5, 0.6) is 5.88 Å². The number of hydrogen-bond donors (Lipinski definition) is 1. The first-order valence-electron chi connectivity index (χ1n) is 10.8. The summed E-state index contributed by atoms with van der Waals surface area (Å²) >= 11 is 0. The van der Waals surface area contributed by atoms with Gasteiger partial charge in [0, 0.05) is 24.4 Å². The van der Waals surface area contributed by atoms with Gasteiger partial charge in [-0.1, -0.05) is 30.3 Å². The van der Waals surface area contributed by atoms with Crippen molar-refractivity contribution >= 4 is 15.7 Å². The molecule has 1 aromatic heterocycles. The van der Waals surface area contributed by atoms with Gasteiger partial charge in [0.1, 0.15) is 6.10 Å². The molecule has 0 bridgehead atoms. The molecule has 1 aliphatic rings. The van der Waals surface area contributed by atoms with E-state index in [1.165, 1.54) is 12.8 Å². The third-order valence-electron chi connectivity index (χ3n) is 5.52. The molecule has 0 spiro atoms. The molecule has 166 valence electrons. The number of benzene rings is 2. The van der Waals surface area contributed by atoms with E-state index >= 15 is 0 Å². The second-order valence-electron chi connectivity index (χ2n) is 7.98. The van der Waals surface area contributed by atoms with Crippen LogP contribution in [0.15, 0.2) is 77.8 Å². The lowest BCUT2D eigenvalue weighted by Crippen LogP contribution is -2.23. The molecule has 0 aliphatic heterocycles. The highest BCUT2D eigenvalue weighted by molar-refractivity contribution is 7.90. The van der Waals surface area contributed by atoms with Gasteiger partial charge in [0.2, 0.25) is 5.88 Å². The van der Waals surface area contributed by atoms with Crippen molar-refractivity contribution in [2.45, 2.75) is 49.0 Å². The molecule has 1 fully saturated rings. The summed E-state index contributed by atoms with van der Waals surface area (Å²) in [4.78, 5) is 17.1. The number of hydrogen-bond acceptors (Lipinski definition) is 5. The number of rotatable bonds is 8. The minimum Gasteiger partial charge on any atom is -0.474 e. The monoisotopic (exact) mass is 450 g/mol. The molecule has 0 saturated heterocycles. The van der Waals surface area contributed by atoms with E-state index in [0.29, 0.717) is 23.6 Å². The summed E-state index contributed by atoms with van der Waals surface area (Å²) < 4.78 is 31.0. The van der Waals surface area contributed by atoms with Crippen LogP contribution in [0.2, 0.25) is 0 Å². The Hall–Kier alpha value is -3.19. The van der Waals surface area contributed by atoms with Crippen molar-refractivity contribution in [1.29, 1.82) is 0 Å². The van der Waals surface area contributed by atoms with Crippen LogP contribution in [0.4, 0.5) is 0 Å². The first-order valence-corrected chi connectivity index (χ1v) is 12.4. The van der Waals surface area contributed by atoms with Gasteiger partial charge in [-0.05, 0) is 67.1 Å². The summed E-state index contributed by atoms with van der Waals surface area (Å²) in [5, 5.41) is 2.89. The minimum atomic E-state index is -3.42. The largest absolute Gasteiger partial charge is 0.474 e. The van der Waals surface area contributed by atoms with Gasteiger partial charge in [0.25, 0.3) is 5.91 Å². The number of ether oxygens (including phenoxy) is 1. The van der Waals surface area contributed by atoms with Crippen LogP contribution in [-0.4, -0.2) is 25.4 Å². The Labute approximate surface area is 188 Å². The number of sulfone groups is 1. The molecule has 2 aromatic carbocycles. The van der Waals surface area contributed by atoms with Gasteiger partial charge in [-0.2, -0.15) is 0 Å². The Bertz CT molecular complexity index is 1160. The lowest BCUT2D eigenvalue weighted by molar-refractivity contribution is 0.0950. The summed E-state index contributed by atoms with van der Waals surface area (Å²) in [6.45, 7) is 0.354. The molecule has 1 heterocycles. The number of aromatic nitrogens is 1. The number of carbonyl (C=O) groups is 1. The molecular weight excluding hydrogens is 424 g/mol. The van der Waals surface area contributed by atoms with Crippen LogP contribution >= 0.6 is 0 Å². The van der Waals surface area contributed by atoms with Crippen molar-refractivity contribution in [2.24, 2.45) is 0 Å². The van der Waals surface area contributed by atoms with Gasteiger partial charge in [0.15, 0.2) is 9.84 Å². The average molecular weight is 451 g/mol. The van der Waals surface area contributed by atoms with E-state index in [0.717, 1.165) is 18.4 Å². The first kappa shape index (κ1) is 22.0. The highest BCUT2D eigenvalue weighted by atomic mass is 32.2. The molecule has 1 amide bonds. The highest BCUT2D eigenvalue weighted by Gasteiger charge is 2.17. The van der Waals surface area contributed by atoms with Crippen LogP contribution in [0, 0.1) is 0 Å². The van der Waals surface area contributed by atoms with Gasteiger partial charge in [-0.25, -0.2) is 13.4 Å². The predicted octanol–water partition coefficient (Wildman–Crippen LogP) is 4.31. The molecule has 1 N–H and O–H groups in total. The van der Waals surface area contributed by atoms with Gasteiger partial charge in [-0.3, -0.25) is 4.79 Å². The Morgan fingerprint density at radius 3 is 2.41 bits per heavy atom. The molecule has 6 nitrogen and oxygen atoms in total. The van der Waals surface area contributed by atoms with Gasteiger partial charge in [0.05, 0.1) is 10.6 Å². The van der Waals surface area contributed by atoms with Crippen molar-refractivity contribution in [2.75, 3.05) is 0 Å². The summed E-state index contributed by atoms with van der Waals surface area (Å²) in [5.41, 5.74) is 2.02. The first-order chi connectivity index (χ1) is 15.5. The lowest BCUT2D eigenvalue weighted by atomic mass is 10.1. The van der Waals surface area contributed by atoms with Gasteiger partial charge < -0.3 is 10.1 Å². The zero-order valence-electron chi connectivity index (χ0n) is 17.7. The van der Waals surface area contributed by atoms with E-state index in [9.17, 15) is 13.2 Å². The van der Waals surface area contributed by atoms with E-state index in [-0.39, 0.29) is 22.7 Å². The fourth-order valence-corrected chi connectivity index (χ4v) is 5.14. The van der Waals surface area contributed by atoms with Crippen LogP contribution in [0.1, 0.15) is 47.2 Å². The molecule has 0 atom stereocenters. The van der Waals surface area contributed by atoms with Gasteiger partial charge >= 0.3 is 0 Å². The zero-order chi connectivity index (χ0) is 22.4. The Morgan fingerprint density at radius 1 is 0.969 bits per heavy atom. The van der Waals surface area contributed by atoms with E-state index in [1.54, 1.807) is 60.8 Å². The van der Waals surface area contributed by atoms with E-state index in [4.69, 9.17) is 4.74 Å². The summed E-state index contributed by atoms with van der Waals surface area (Å²) in [5.74, 6) is 0.254. The zero-order valence-corrected chi connectivity index (χ0v) is 18.6. The maximum atomic E-state index is 12.5. The summed E-state index contributed by atoms with van der Waals surface area (Å²) in [7, 11) is -3.42. The number of amides is 1. The second-order valence-corrected chi connectivity index (χ2v) is 9.97. The van der Waals surface area contributed by atoms with Crippen molar-refractivity contribution in [3.8, 4) is 5.88 Å².